The molecule has 146 valence electrons. The number of carbonyl (C=O) groups is 2. The number of anilines is 2. The predicted molar refractivity (Wildman–Crippen MR) is 105 cm³/mol. The van der Waals surface area contributed by atoms with Gasteiger partial charge in [0.25, 0.3) is 5.91 Å². The minimum absolute atomic E-state index is 0.0597. The summed E-state index contributed by atoms with van der Waals surface area (Å²) in [6.45, 7) is 7.45. The minimum Gasteiger partial charge on any atom is -0.353 e. The first-order valence-electron chi connectivity index (χ1n) is 9.64. The van der Waals surface area contributed by atoms with Gasteiger partial charge in [0.2, 0.25) is 5.91 Å². The molecule has 2 aliphatic heterocycles. The highest BCUT2D eigenvalue weighted by atomic mass is 16.2. The first-order valence-corrected chi connectivity index (χ1v) is 9.64. The number of pyridine rings is 1. The molecule has 2 fully saturated rings. The lowest BCUT2D eigenvalue weighted by Gasteiger charge is -2.35. The predicted octanol–water partition coefficient (Wildman–Crippen LogP) is 1.58. The number of hydrogen-bond acceptors (Lipinski definition) is 6. The van der Waals surface area contributed by atoms with Crippen molar-refractivity contribution in [3.05, 3.63) is 41.2 Å². The molecule has 2 aliphatic rings. The van der Waals surface area contributed by atoms with Crippen molar-refractivity contribution in [2.45, 2.75) is 26.7 Å². The van der Waals surface area contributed by atoms with E-state index in [0.29, 0.717) is 37.6 Å². The van der Waals surface area contributed by atoms with Gasteiger partial charge in [0, 0.05) is 45.3 Å². The summed E-state index contributed by atoms with van der Waals surface area (Å²) < 4.78 is 0. The van der Waals surface area contributed by atoms with Crippen LogP contribution < -0.4 is 9.80 Å². The van der Waals surface area contributed by atoms with E-state index in [2.05, 4.69) is 33.1 Å². The van der Waals surface area contributed by atoms with Gasteiger partial charge in [-0.1, -0.05) is 6.07 Å². The second-order valence-corrected chi connectivity index (χ2v) is 7.36. The zero-order valence-electron chi connectivity index (χ0n) is 16.3. The molecular weight excluding hydrogens is 356 g/mol. The van der Waals surface area contributed by atoms with Crippen LogP contribution in [0.25, 0.3) is 0 Å². The Bertz CT molecular complexity index is 890. The van der Waals surface area contributed by atoms with E-state index >= 15 is 0 Å². The molecule has 4 rings (SSSR count). The lowest BCUT2D eigenvalue weighted by Crippen LogP contribution is -2.49. The van der Waals surface area contributed by atoms with Gasteiger partial charge < -0.3 is 9.80 Å². The Morgan fingerprint density at radius 3 is 2.43 bits per heavy atom. The average molecular weight is 380 g/mol. The molecule has 0 unspecified atom stereocenters. The Morgan fingerprint density at radius 2 is 1.82 bits per heavy atom. The van der Waals surface area contributed by atoms with E-state index in [1.54, 1.807) is 21.9 Å². The van der Waals surface area contributed by atoms with Gasteiger partial charge in [-0.3, -0.25) is 14.5 Å². The highest BCUT2D eigenvalue weighted by Gasteiger charge is 2.26. The van der Waals surface area contributed by atoms with E-state index < -0.39 is 0 Å². The van der Waals surface area contributed by atoms with Crippen LogP contribution in [0.4, 0.5) is 11.6 Å². The molecule has 2 saturated heterocycles. The maximum atomic E-state index is 12.8. The van der Waals surface area contributed by atoms with Crippen LogP contribution >= 0.6 is 0 Å². The number of aromatic nitrogens is 3. The summed E-state index contributed by atoms with van der Waals surface area (Å²) in [6.07, 6.45) is 3.25. The Hall–Kier alpha value is -3.03. The monoisotopic (exact) mass is 380 g/mol. The van der Waals surface area contributed by atoms with Crippen LogP contribution in [0, 0.1) is 13.8 Å². The fourth-order valence-corrected chi connectivity index (χ4v) is 3.80. The summed E-state index contributed by atoms with van der Waals surface area (Å²) in [4.78, 5) is 34.7. The fourth-order valence-electron chi connectivity index (χ4n) is 3.80. The van der Waals surface area contributed by atoms with Crippen molar-refractivity contribution >= 4 is 23.5 Å². The summed E-state index contributed by atoms with van der Waals surface area (Å²) in [5, 5.41) is 8.17. The van der Waals surface area contributed by atoms with Crippen molar-refractivity contribution < 1.29 is 9.59 Å². The van der Waals surface area contributed by atoms with Crippen molar-refractivity contribution in [2.24, 2.45) is 0 Å². The molecule has 0 atom stereocenters. The van der Waals surface area contributed by atoms with Crippen molar-refractivity contribution in [1.29, 1.82) is 0 Å². The molecule has 0 saturated carbocycles. The standard InChI is InChI=1S/C20H24N6O2/c1-14-12-15(2)19(21-13-14)24-8-10-25(11-9-24)20(28)16-5-6-17(23-22-16)26-7-3-4-18(26)27/h5-6,12-13H,3-4,7-11H2,1-2H3. The third kappa shape index (κ3) is 3.54. The molecule has 0 spiro atoms. The highest BCUT2D eigenvalue weighted by molar-refractivity contribution is 5.95. The molecule has 4 heterocycles. The largest absolute Gasteiger partial charge is 0.353 e. The van der Waals surface area contributed by atoms with E-state index in [1.807, 2.05) is 13.1 Å². The van der Waals surface area contributed by atoms with Gasteiger partial charge in [-0.25, -0.2) is 4.98 Å². The SMILES string of the molecule is Cc1cnc(N2CCN(C(=O)c3ccc(N4CCCC4=O)nn3)CC2)c(C)c1. The summed E-state index contributed by atoms with van der Waals surface area (Å²) in [5.41, 5.74) is 2.61. The molecule has 2 amide bonds. The molecular formula is C20H24N6O2. The summed E-state index contributed by atoms with van der Waals surface area (Å²) in [7, 11) is 0. The minimum atomic E-state index is -0.125. The van der Waals surface area contributed by atoms with Crippen LogP contribution in [-0.4, -0.2) is 64.6 Å². The molecule has 0 bridgehead atoms. The Kier molecular flexibility index (Phi) is 4.93. The van der Waals surface area contributed by atoms with Crippen molar-refractivity contribution in [2.75, 3.05) is 42.5 Å². The van der Waals surface area contributed by atoms with E-state index in [-0.39, 0.29) is 11.8 Å². The molecule has 8 nitrogen and oxygen atoms in total. The van der Waals surface area contributed by atoms with E-state index in [9.17, 15) is 9.59 Å². The number of carbonyl (C=O) groups excluding carboxylic acids is 2. The van der Waals surface area contributed by atoms with Crippen LogP contribution in [0.15, 0.2) is 24.4 Å². The van der Waals surface area contributed by atoms with Gasteiger partial charge in [-0.15, -0.1) is 10.2 Å². The first-order chi connectivity index (χ1) is 13.5. The van der Waals surface area contributed by atoms with Crippen molar-refractivity contribution in [1.82, 2.24) is 20.1 Å². The Labute approximate surface area is 164 Å². The van der Waals surface area contributed by atoms with Gasteiger partial charge in [0.1, 0.15) is 5.82 Å². The van der Waals surface area contributed by atoms with Crippen LogP contribution in [-0.2, 0) is 4.79 Å². The molecule has 0 aliphatic carbocycles. The molecule has 0 N–H and O–H groups in total. The maximum absolute atomic E-state index is 12.8. The smallest absolute Gasteiger partial charge is 0.274 e. The number of aryl methyl sites for hydroxylation is 2. The van der Waals surface area contributed by atoms with E-state index in [4.69, 9.17) is 0 Å². The second kappa shape index (κ2) is 7.53. The molecule has 0 radical (unpaired) electrons. The third-order valence-corrected chi connectivity index (χ3v) is 5.27. The number of hydrogen-bond donors (Lipinski definition) is 0. The van der Waals surface area contributed by atoms with Crippen LogP contribution in [0.2, 0.25) is 0 Å². The lowest BCUT2D eigenvalue weighted by molar-refractivity contribution is -0.117. The number of amides is 2. The zero-order chi connectivity index (χ0) is 19.7. The molecule has 2 aromatic rings. The molecule has 28 heavy (non-hydrogen) atoms. The number of nitrogens with zero attached hydrogens (tertiary/aromatic N) is 6. The summed E-state index contributed by atoms with van der Waals surface area (Å²) in [5.74, 6) is 1.44. The van der Waals surface area contributed by atoms with Gasteiger partial charge >= 0.3 is 0 Å². The van der Waals surface area contributed by atoms with Gasteiger partial charge in [-0.05, 0) is 43.5 Å². The quantitative estimate of drug-likeness (QED) is 0.804. The van der Waals surface area contributed by atoms with Crippen LogP contribution in [0.5, 0.6) is 0 Å². The zero-order valence-corrected chi connectivity index (χ0v) is 16.3. The van der Waals surface area contributed by atoms with Crippen LogP contribution in [0.3, 0.4) is 0 Å². The second-order valence-electron chi connectivity index (χ2n) is 7.36. The maximum Gasteiger partial charge on any atom is 0.274 e. The molecule has 0 aromatic carbocycles. The Morgan fingerprint density at radius 1 is 1.04 bits per heavy atom. The summed E-state index contributed by atoms with van der Waals surface area (Å²) >= 11 is 0. The number of piperazine rings is 1. The fraction of sp³-hybridized carbons (Fsp3) is 0.450. The third-order valence-electron chi connectivity index (χ3n) is 5.27. The normalized spacial score (nSPS) is 17.4. The highest BCUT2D eigenvalue weighted by Crippen LogP contribution is 2.21. The average Bonchev–Trinajstić information content (AvgIpc) is 3.14. The van der Waals surface area contributed by atoms with Crippen LogP contribution in [0.1, 0.15) is 34.5 Å². The van der Waals surface area contributed by atoms with Gasteiger partial charge in [-0.2, -0.15) is 0 Å². The molecule has 2 aromatic heterocycles. The molecule has 8 heteroatoms. The Balaban J connectivity index is 1.39. The first kappa shape index (κ1) is 18.3. The number of rotatable bonds is 3. The van der Waals surface area contributed by atoms with E-state index in [1.165, 1.54) is 0 Å². The summed E-state index contributed by atoms with van der Waals surface area (Å²) in [6, 6.07) is 5.50. The van der Waals surface area contributed by atoms with Crippen molar-refractivity contribution in [3.63, 3.8) is 0 Å². The van der Waals surface area contributed by atoms with E-state index in [0.717, 1.165) is 36.5 Å². The van der Waals surface area contributed by atoms with Gasteiger partial charge in [0.05, 0.1) is 0 Å². The lowest BCUT2D eigenvalue weighted by atomic mass is 10.2. The van der Waals surface area contributed by atoms with Gasteiger partial charge in [0.15, 0.2) is 11.5 Å². The topological polar surface area (TPSA) is 82.5 Å². The van der Waals surface area contributed by atoms with Crippen molar-refractivity contribution in [3.8, 4) is 0 Å².